The Labute approximate surface area is 194 Å². The molecule has 3 amide bonds. The number of rotatable bonds is 4. The third kappa shape index (κ3) is 6.65. The Morgan fingerprint density at radius 2 is 1.75 bits per heavy atom. The lowest BCUT2D eigenvalue weighted by molar-refractivity contribution is -0.139. The molecule has 0 aliphatic carbocycles. The minimum Gasteiger partial charge on any atom is -0.444 e. The number of ether oxygens (including phenoxy) is 1. The van der Waals surface area contributed by atoms with Gasteiger partial charge >= 0.3 is 6.09 Å². The van der Waals surface area contributed by atoms with Gasteiger partial charge in [0, 0.05) is 37.6 Å². The van der Waals surface area contributed by atoms with Gasteiger partial charge in [0.25, 0.3) is 0 Å². The van der Waals surface area contributed by atoms with Gasteiger partial charge in [-0.3, -0.25) is 14.5 Å². The summed E-state index contributed by atoms with van der Waals surface area (Å²) in [6, 6.07) is 0. The summed E-state index contributed by atoms with van der Waals surface area (Å²) in [7, 11) is 0. The van der Waals surface area contributed by atoms with Gasteiger partial charge in [0.2, 0.25) is 11.8 Å². The quantitative estimate of drug-likeness (QED) is 0.734. The summed E-state index contributed by atoms with van der Waals surface area (Å²) < 4.78 is 5.43. The van der Waals surface area contributed by atoms with Crippen LogP contribution in [0.5, 0.6) is 0 Å². The molecular weight excluding hydrogens is 430 g/mol. The first-order valence-corrected chi connectivity index (χ1v) is 12.1. The first kappa shape index (κ1) is 24.4. The van der Waals surface area contributed by atoms with E-state index in [1.807, 2.05) is 44.4 Å². The van der Waals surface area contributed by atoms with Crippen molar-refractivity contribution in [1.82, 2.24) is 19.7 Å². The zero-order chi connectivity index (χ0) is 23.5. The molecule has 0 bridgehead atoms. The fourth-order valence-electron chi connectivity index (χ4n) is 3.98. The van der Waals surface area contributed by atoms with Crippen LogP contribution in [0.15, 0.2) is 0 Å². The van der Waals surface area contributed by atoms with Crippen molar-refractivity contribution in [3.05, 3.63) is 10.6 Å². The molecule has 2 aliphatic heterocycles. The molecule has 1 unspecified atom stereocenters. The van der Waals surface area contributed by atoms with Crippen LogP contribution in [0.4, 0.5) is 9.93 Å². The highest BCUT2D eigenvalue weighted by Gasteiger charge is 2.33. The molecule has 32 heavy (non-hydrogen) atoms. The highest BCUT2D eigenvalue weighted by molar-refractivity contribution is 7.15. The first-order valence-electron chi connectivity index (χ1n) is 11.2. The summed E-state index contributed by atoms with van der Waals surface area (Å²) in [5.41, 5.74) is 0.403. The predicted molar refractivity (Wildman–Crippen MR) is 124 cm³/mol. The molecule has 10 heteroatoms. The monoisotopic (exact) mass is 465 g/mol. The molecule has 0 aromatic carbocycles. The number of hydrogen-bond acceptors (Lipinski definition) is 7. The fourth-order valence-corrected chi connectivity index (χ4v) is 4.81. The summed E-state index contributed by atoms with van der Waals surface area (Å²) in [5.74, 6) is -0.100. The summed E-state index contributed by atoms with van der Waals surface area (Å²) in [6.45, 7) is 13.1. The van der Waals surface area contributed by atoms with E-state index in [9.17, 15) is 14.4 Å². The Hall–Kier alpha value is -2.20. The van der Waals surface area contributed by atoms with Gasteiger partial charge in [-0.05, 0) is 54.0 Å². The Morgan fingerprint density at radius 3 is 2.34 bits per heavy atom. The van der Waals surface area contributed by atoms with Crippen LogP contribution in [0.1, 0.15) is 44.2 Å². The molecule has 0 radical (unpaired) electrons. The molecule has 178 valence electrons. The van der Waals surface area contributed by atoms with Crippen molar-refractivity contribution in [3.8, 4) is 0 Å². The number of nitrogens with zero attached hydrogens (tertiary/aromatic N) is 4. The van der Waals surface area contributed by atoms with Gasteiger partial charge in [-0.15, -0.1) is 11.3 Å². The van der Waals surface area contributed by atoms with Crippen LogP contribution < -0.4 is 5.32 Å². The van der Waals surface area contributed by atoms with E-state index < -0.39 is 5.60 Å². The Morgan fingerprint density at radius 1 is 1.09 bits per heavy atom. The van der Waals surface area contributed by atoms with Crippen LogP contribution >= 0.6 is 11.3 Å². The highest BCUT2D eigenvalue weighted by Crippen LogP contribution is 2.22. The molecule has 2 aliphatic rings. The molecule has 2 fully saturated rings. The van der Waals surface area contributed by atoms with Gasteiger partial charge in [0.1, 0.15) is 5.60 Å². The normalized spacial score (nSPS) is 20.2. The number of anilines is 1. The number of carbonyl (C=O) groups excluding carboxylic acids is 3. The largest absolute Gasteiger partial charge is 0.444 e. The Balaban J connectivity index is 1.46. The molecule has 1 atom stereocenters. The molecule has 1 aromatic rings. The van der Waals surface area contributed by atoms with Crippen molar-refractivity contribution in [1.29, 1.82) is 0 Å². The molecule has 2 saturated heterocycles. The molecule has 3 heterocycles. The number of aromatic nitrogens is 1. The van der Waals surface area contributed by atoms with E-state index >= 15 is 0 Å². The van der Waals surface area contributed by atoms with Crippen LogP contribution in [0, 0.1) is 19.8 Å². The van der Waals surface area contributed by atoms with Crippen molar-refractivity contribution < 1.29 is 19.1 Å². The number of piperidine rings is 1. The second-order valence-electron chi connectivity index (χ2n) is 9.58. The molecule has 3 rings (SSSR count). The average Bonchev–Trinajstić information content (AvgIpc) is 3.03. The second-order valence-corrected chi connectivity index (χ2v) is 10.8. The lowest BCUT2D eigenvalue weighted by atomic mass is 9.96. The number of aryl methyl sites for hydroxylation is 2. The van der Waals surface area contributed by atoms with Crippen molar-refractivity contribution in [2.75, 3.05) is 51.1 Å². The molecule has 0 spiro atoms. The van der Waals surface area contributed by atoms with Gasteiger partial charge < -0.3 is 19.9 Å². The molecular formula is C22H35N5O4S. The number of piperazine rings is 1. The Bertz CT molecular complexity index is 822. The minimum atomic E-state index is -0.529. The fraction of sp³-hybridized carbons (Fsp3) is 0.727. The van der Waals surface area contributed by atoms with Crippen molar-refractivity contribution in [2.24, 2.45) is 5.92 Å². The zero-order valence-electron chi connectivity index (χ0n) is 19.8. The summed E-state index contributed by atoms with van der Waals surface area (Å²) >= 11 is 1.47. The Kier molecular flexibility index (Phi) is 7.76. The first-order chi connectivity index (χ1) is 15.0. The van der Waals surface area contributed by atoms with Crippen molar-refractivity contribution in [2.45, 2.75) is 53.1 Å². The summed E-state index contributed by atoms with van der Waals surface area (Å²) in [6.07, 6.45) is 1.38. The SMILES string of the molecule is Cc1nc(NC(=O)CN2CCCC(C(=O)N3CCN(C(=O)OC(C)(C)C)CC3)C2)sc1C. The number of likely N-dealkylation sites (tertiary alicyclic amines) is 1. The third-order valence-corrected chi connectivity index (χ3v) is 6.73. The second kappa shape index (κ2) is 10.2. The van der Waals surface area contributed by atoms with E-state index in [1.165, 1.54) is 11.3 Å². The van der Waals surface area contributed by atoms with Gasteiger partial charge in [-0.1, -0.05) is 0 Å². The summed E-state index contributed by atoms with van der Waals surface area (Å²) in [4.78, 5) is 48.8. The molecule has 1 aromatic heterocycles. The van der Waals surface area contributed by atoms with Crippen molar-refractivity contribution >= 4 is 34.4 Å². The highest BCUT2D eigenvalue weighted by atomic mass is 32.1. The topological polar surface area (TPSA) is 95.1 Å². The number of carbonyl (C=O) groups is 3. The van der Waals surface area contributed by atoms with Crippen LogP contribution in [0.2, 0.25) is 0 Å². The van der Waals surface area contributed by atoms with E-state index in [-0.39, 0.29) is 30.4 Å². The van der Waals surface area contributed by atoms with Crippen molar-refractivity contribution in [3.63, 3.8) is 0 Å². The van der Waals surface area contributed by atoms with E-state index in [1.54, 1.807) is 4.90 Å². The van der Waals surface area contributed by atoms with Gasteiger partial charge in [-0.2, -0.15) is 0 Å². The standard InChI is InChI=1S/C22H35N5O4S/c1-15-16(2)32-20(23-15)24-18(28)14-25-8-6-7-17(13-25)19(29)26-9-11-27(12-10-26)21(30)31-22(3,4)5/h17H,6-14H2,1-5H3,(H,23,24,28). The average molecular weight is 466 g/mol. The van der Waals surface area contributed by atoms with E-state index in [0.29, 0.717) is 37.9 Å². The maximum absolute atomic E-state index is 13.1. The van der Waals surface area contributed by atoms with Gasteiger partial charge in [0.05, 0.1) is 18.2 Å². The van der Waals surface area contributed by atoms with E-state index in [2.05, 4.69) is 10.3 Å². The van der Waals surface area contributed by atoms with Crippen LogP contribution in [-0.2, 0) is 14.3 Å². The van der Waals surface area contributed by atoms with E-state index in [0.717, 1.165) is 30.0 Å². The van der Waals surface area contributed by atoms with Crippen LogP contribution in [0.25, 0.3) is 0 Å². The smallest absolute Gasteiger partial charge is 0.410 e. The number of amides is 3. The number of thiazole rings is 1. The van der Waals surface area contributed by atoms with Gasteiger partial charge in [-0.25, -0.2) is 9.78 Å². The lowest BCUT2D eigenvalue weighted by Gasteiger charge is -2.39. The van der Waals surface area contributed by atoms with Crippen LogP contribution in [0.3, 0.4) is 0 Å². The lowest BCUT2D eigenvalue weighted by Crippen LogP contribution is -2.54. The van der Waals surface area contributed by atoms with Crippen LogP contribution in [-0.4, -0.2) is 89.0 Å². The third-order valence-electron chi connectivity index (χ3n) is 5.74. The van der Waals surface area contributed by atoms with E-state index in [4.69, 9.17) is 4.74 Å². The van der Waals surface area contributed by atoms with Gasteiger partial charge in [0.15, 0.2) is 5.13 Å². The molecule has 1 N–H and O–H groups in total. The minimum absolute atomic E-state index is 0.0992. The zero-order valence-corrected chi connectivity index (χ0v) is 20.6. The molecule has 9 nitrogen and oxygen atoms in total. The summed E-state index contributed by atoms with van der Waals surface area (Å²) in [5, 5.41) is 3.49. The predicted octanol–water partition coefficient (Wildman–Crippen LogP) is 2.49. The maximum Gasteiger partial charge on any atom is 0.410 e. The number of hydrogen-bond donors (Lipinski definition) is 1. The maximum atomic E-state index is 13.1. The number of nitrogens with one attached hydrogen (secondary N) is 1. The molecule has 0 saturated carbocycles.